The van der Waals surface area contributed by atoms with Crippen molar-refractivity contribution >= 4 is 38.7 Å². The van der Waals surface area contributed by atoms with E-state index in [1.807, 2.05) is 12.1 Å². The molecule has 4 rings (SSSR count). The van der Waals surface area contributed by atoms with Crippen molar-refractivity contribution in [2.24, 2.45) is 0 Å². The number of fused-ring (bicyclic) bond motifs is 1. The second kappa shape index (κ2) is 13.8. The van der Waals surface area contributed by atoms with Crippen LogP contribution in [0.2, 0.25) is 0 Å². The summed E-state index contributed by atoms with van der Waals surface area (Å²) in [5, 5.41) is 18.2. The number of carbonyl (C=O) groups excluding carboxylic acids is 1. The van der Waals surface area contributed by atoms with Gasteiger partial charge in [-0.25, -0.2) is 4.39 Å². The number of nitrogens with zero attached hydrogens (tertiary/aromatic N) is 2. The highest BCUT2D eigenvalue weighted by atomic mass is 32.1. The Kier molecular flexibility index (Phi) is 10.2. The van der Waals surface area contributed by atoms with Crippen LogP contribution >= 0.6 is 11.3 Å². The van der Waals surface area contributed by atoms with Crippen LogP contribution in [-0.2, 0) is 6.42 Å². The molecule has 2 heterocycles. The highest BCUT2D eigenvalue weighted by Gasteiger charge is 2.31. The molecule has 1 amide bonds. The largest absolute Gasteiger partial charge is 0.477 e. The van der Waals surface area contributed by atoms with Crippen molar-refractivity contribution in [1.82, 2.24) is 10.2 Å². The molecule has 0 unspecified atom stereocenters. The molecule has 0 atom stereocenters. The van der Waals surface area contributed by atoms with Gasteiger partial charge in [-0.2, -0.15) is 18.4 Å². The fourth-order valence-electron chi connectivity index (χ4n) is 4.87. The number of carbonyl (C=O) groups is 1. The summed E-state index contributed by atoms with van der Waals surface area (Å²) in [5.41, 5.74) is 0.813. The Hall–Kier alpha value is -4.00. The third kappa shape index (κ3) is 7.64. The van der Waals surface area contributed by atoms with Gasteiger partial charge >= 0.3 is 6.18 Å². The number of thiophene rings is 1. The van der Waals surface area contributed by atoms with E-state index >= 15 is 0 Å². The van der Waals surface area contributed by atoms with Crippen LogP contribution in [0.15, 0.2) is 30.3 Å². The molecule has 1 fully saturated rings. The van der Waals surface area contributed by atoms with Crippen LogP contribution in [0.5, 0.6) is 5.75 Å². The first-order valence-corrected chi connectivity index (χ1v) is 14.3. The van der Waals surface area contributed by atoms with Crippen molar-refractivity contribution in [2.75, 3.05) is 50.5 Å². The van der Waals surface area contributed by atoms with Gasteiger partial charge in [0.15, 0.2) is 6.61 Å². The number of nitrogens with one attached hydrogen (secondary N) is 3. The van der Waals surface area contributed by atoms with Crippen LogP contribution in [-0.4, -0.2) is 62.9 Å². The molecule has 0 aliphatic carbocycles. The van der Waals surface area contributed by atoms with Gasteiger partial charge in [0, 0.05) is 32.2 Å². The molecule has 1 aliphatic heterocycles. The molecule has 7 nitrogen and oxygen atoms in total. The Morgan fingerprint density at radius 2 is 1.98 bits per heavy atom. The van der Waals surface area contributed by atoms with E-state index < -0.39 is 24.3 Å². The fourth-order valence-corrected chi connectivity index (χ4v) is 6.04. The summed E-state index contributed by atoms with van der Waals surface area (Å²) in [4.78, 5) is 14.6. The third-order valence-electron chi connectivity index (χ3n) is 6.99. The summed E-state index contributed by atoms with van der Waals surface area (Å²) in [7, 11) is 1.36. The van der Waals surface area contributed by atoms with Gasteiger partial charge in [-0.3, -0.25) is 4.79 Å². The zero-order chi connectivity index (χ0) is 30.3. The minimum Gasteiger partial charge on any atom is -0.477 e. The van der Waals surface area contributed by atoms with E-state index in [0.29, 0.717) is 10.3 Å². The highest BCUT2D eigenvalue weighted by molar-refractivity contribution is 7.20. The predicted octanol–water partition coefficient (Wildman–Crippen LogP) is 5.77. The van der Waals surface area contributed by atoms with Gasteiger partial charge < -0.3 is 25.6 Å². The molecule has 3 aromatic rings. The lowest BCUT2D eigenvalue weighted by atomic mass is 10.0. The molecule has 0 saturated carbocycles. The van der Waals surface area contributed by atoms with Crippen molar-refractivity contribution in [3.63, 3.8) is 0 Å². The predicted molar refractivity (Wildman–Crippen MR) is 157 cm³/mol. The number of benzene rings is 2. The first kappa shape index (κ1) is 30.9. The van der Waals surface area contributed by atoms with Crippen LogP contribution < -0.4 is 20.7 Å². The number of hydrogen-bond donors (Lipinski definition) is 3. The van der Waals surface area contributed by atoms with Gasteiger partial charge in [0.25, 0.3) is 5.91 Å². The van der Waals surface area contributed by atoms with Gasteiger partial charge in [0.1, 0.15) is 17.6 Å². The molecule has 0 spiro atoms. The number of hydrogen-bond acceptors (Lipinski definition) is 7. The van der Waals surface area contributed by atoms with E-state index in [1.54, 1.807) is 12.1 Å². The van der Waals surface area contributed by atoms with Crippen molar-refractivity contribution < 1.29 is 27.1 Å². The van der Waals surface area contributed by atoms with E-state index in [9.17, 15) is 22.4 Å². The Labute approximate surface area is 245 Å². The molecule has 1 saturated heterocycles. The Bertz CT molecular complexity index is 1530. The lowest BCUT2D eigenvalue weighted by Gasteiger charge is -2.32. The molecule has 2 aromatic carbocycles. The van der Waals surface area contributed by atoms with Crippen LogP contribution in [0.1, 0.15) is 40.6 Å². The first-order valence-electron chi connectivity index (χ1n) is 13.5. The van der Waals surface area contributed by atoms with E-state index in [2.05, 4.69) is 39.6 Å². The first-order chi connectivity index (χ1) is 20.1. The van der Waals surface area contributed by atoms with Crippen LogP contribution in [0.25, 0.3) is 10.1 Å². The number of piperidine rings is 1. The maximum Gasteiger partial charge on any atom is 0.393 e. The summed E-state index contributed by atoms with van der Waals surface area (Å²) in [6, 6.07) is 9.62. The molecular formula is C30H31F4N5O2S. The number of halogens is 4. The highest BCUT2D eigenvalue weighted by Crippen LogP contribution is 2.39. The average molecular weight is 602 g/mol. The van der Waals surface area contributed by atoms with Crippen LogP contribution in [0, 0.1) is 29.0 Å². The number of anilines is 2. The molecule has 42 heavy (non-hydrogen) atoms. The Morgan fingerprint density at radius 1 is 1.21 bits per heavy atom. The van der Waals surface area contributed by atoms with Crippen LogP contribution in [0.4, 0.5) is 28.9 Å². The SMILES string of the molecule is CCN1CCC(Nc2cccc3c(CC(F)(F)F)c(C#CCNc4cc(F)c(C(=O)NC)cc4OCC#N)sc23)CC1. The number of likely N-dealkylation sites (tertiary alicyclic amines) is 1. The zero-order valence-corrected chi connectivity index (χ0v) is 24.1. The van der Waals surface area contributed by atoms with Crippen LogP contribution in [0.3, 0.4) is 0 Å². The van der Waals surface area contributed by atoms with E-state index in [4.69, 9.17) is 10.00 Å². The number of ether oxygens (including phenoxy) is 1. The minimum absolute atomic E-state index is 0.0531. The van der Waals surface area contributed by atoms with Gasteiger partial charge in [0.2, 0.25) is 0 Å². The standard InChI is InChI=1S/C30H31F4N5O2S/c1-3-39-13-9-19(10-14-39)38-24-7-4-6-20-22(18-30(32,33)34)27(42-28(20)24)8-5-12-37-25-17-23(31)21(29(40)36-2)16-26(25)41-15-11-35/h4,6-7,16-17,19,37-38H,3,9-10,12-15,18H2,1-2H3,(H,36,40). The monoisotopic (exact) mass is 601 g/mol. The van der Waals surface area contributed by atoms with Crippen molar-refractivity contribution in [1.29, 1.82) is 5.26 Å². The topological polar surface area (TPSA) is 89.4 Å². The number of nitriles is 1. The van der Waals surface area contributed by atoms with E-state index in [-0.39, 0.29) is 41.8 Å². The van der Waals surface area contributed by atoms with E-state index in [0.717, 1.165) is 48.9 Å². The molecule has 3 N–H and O–H groups in total. The zero-order valence-electron chi connectivity index (χ0n) is 23.3. The summed E-state index contributed by atoms with van der Waals surface area (Å²) in [5.74, 6) is 4.30. The number of alkyl halides is 3. The lowest BCUT2D eigenvalue weighted by molar-refractivity contribution is -0.126. The van der Waals surface area contributed by atoms with Gasteiger partial charge in [-0.1, -0.05) is 30.9 Å². The van der Waals surface area contributed by atoms with Crippen molar-refractivity contribution in [3.05, 3.63) is 52.2 Å². The molecular weight excluding hydrogens is 570 g/mol. The quantitative estimate of drug-likeness (QED) is 0.213. The molecule has 1 aliphatic rings. The normalized spacial score (nSPS) is 14.1. The van der Waals surface area contributed by atoms with Gasteiger partial charge in [0.05, 0.1) is 39.5 Å². The fraction of sp³-hybridized carbons (Fsp3) is 0.400. The van der Waals surface area contributed by atoms with Gasteiger partial charge in [-0.05, 0) is 42.5 Å². The minimum atomic E-state index is -4.42. The van der Waals surface area contributed by atoms with Crippen molar-refractivity contribution in [2.45, 2.75) is 38.4 Å². The lowest BCUT2D eigenvalue weighted by Crippen LogP contribution is -2.38. The Balaban J connectivity index is 1.59. The molecule has 12 heteroatoms. The summed E-state index contributed by atoms with van der Waals surface area (Å²) in [6.45, 7) is 4.68. The molecule has 0 bridgehead atoms. The van der Waals surface area contributed by atoms with Crippen molar-refractivity contribution in [3.8, 4) is 23.7 Å². The van der Waals surface area contributed by atoms with E-state index in [1.165, 1.54) is 24.5 Å². The second-order valence-electron chi connectivity index (χ2n) is 9.75. The second-order valence-corrected chi connectivity index (χ2v) is 10.8. The van der Waals surface area contributed by atoms with Gasteiger partial charge in [-0.15, -0.1) is 11.3 Å². The summed E-state index contributed by atoms with van der Waals surface area (Å²) in [6.07, 6.45) is -3.63. The smallest absolute Gasteiger partial charge is 0.393 e. The summed E-state index contributed by atoms with van der Waals surface area (Å²) >= 11 is 1.22. The molecule has 0 radical (unpaired) electrons. The number of rotatable bonds is 9. The third-order valence-corrected chi connectivity index (χ3v) is 8.19. The average Bonchev–Trinajstić information content (AvgIpc) is 3.31. The number of amides is 1. The molecule has 222 valence electrons. The molecule has 1 aromatic heterocycles. The maximum atomic E-state index is 14.6. The Morgan fingerprint density at radius 3 is 2.64 bits per heavy atom. The summed E-state index contributed by atoms with van der Waals surface area (Å²) < 4.78 is 61.4. The maximum absolute atomic E-state index is 14.6.